The monoisotopic (exact) mass is 516 g/mol. The lowest BCUT2D eigenvalue weighted by molar-refractivity contribution is 0.0957. The van der Waals surface area contributed by atoms with Crippen LogP contribution in [0.2, 0.25) is 0 Å². The van der Waals surface area contributed by atoms with E-state index in [1.165, 1.54) is 9.87 Å². The van der Waals surface area contributed by atoms with Gasteiger partial charge in [-0.1, -0.05) is 78.4 Å². The molecule has 0 aliphatic heterocycles. The van der Waals surface area contributed by atoms with Crippen molar-refractivity contribution in [2.75, 3.05) is 16.6 Å². The largest absolute Gasteiger partial charge is 0.351 e. The fraction of sp³-hybridized carbons (Fsp3) is 0.138. The quantitative estimate of drug-likeness (QED) is 0.210. The Morgan fingerprint density at radius 3 is 2.11 bits per heavy atom. The van der Waals surface area contributed by atoms with Crippen molar-refractivity contribution < 1.29 is 13.2 Å². The SMILES string of the molecule is Cc1ccc(SCCNC(=O)c2ccccc2N(Cc2ccccc2)S(=O)(=O)c2ccccc2)cc1. The van der Waals surface area contributed by atoms with Gasteiger partial charge in [0, 0.05) is 17.2 Å². The van der Waals surface area contributed by atoms with Crippen LogP contribution in [0, 0.1) is 6.92 Å². The van der Waals surface area contributed by atoms with E-state index in [0.717, 1.165) is 10.5 Å². The summed E-state index contributed by atoms with van der Waals surface area (Å²) in [6, 6.07) is 32.7. The van der Waals surface area contributed by atoms with E-state index in [9.17, 15) is 13.2 Å². The Bertz CT molecular complexity index is 1390. The van der Waals surface area contributed by atoms with Crippen LogP contribution in [0.3, 0.4) is 0 Å². The van der Waals surface area contributed by atoms with E-state index in [4.69, 9.17) is 0 Å². The Kier molecular flexibility index (Phi) is 8.46. The molecule has 4 aromatic rings. The number of nitrogens with zero attached hydrogens (tertiary/aromatic N) is 1. The lowest BCUT2D eigenvalue weighted by Gasteiger charge is -2.26. The number of amides is 1. The van der Waals surface area contributed by atoms with Crippen molar-refractivity contribution in [1.82, 2.24) is 5.32 Å². The zero-order chi connectivity index (χ0) is 25.4. The topological polar surface area (TPSA) is 66.5 Å². The van der Waals surface area contributed by atoms with Crippen LogP contribution in [0.15, 0.2) is 119 Å². The summed E-state index contributed by atoms with van der Waals surface area (Å²) in [4.78, 5) is 14.5. The molecule has 0 aliphatic carbocycles. The standard InChI is InChI=1S/C29H28N2O3S2/c1-23-16-18-25(19-17-23)35-21-20-30-29(32)27-14-8-9-15-28(27)31(22-24-10-4-2-5-11-24)36(33,34)26-12-6-3-7-13-26/h2-19H,20-22H2,1H3,(H,30,32). The first-order chi connectivity index (χ1) is 17.4. The van der Waals surface area contributed by atoms with Crippen molar-refractivity contribution in [3.63, 3.8) is 0 Å². The summed E-state index contributed by atoms with van der Waals surface area (Å²) < 4.78 is 28.8. The Morgan fingerprint density at radius 2 is 1.42 bits per heavy atom. The predicted octanol–water partition coefficient (Wildman–Crippen LogP) is 5.91. The Balaban J connectivity index is 1.57. The maximum atomic E-state index is 13.7. The summed E-state index contributed by atoms with van der Waals surface area (Å²) in [5.41, 5.74) is 2.68. The molecule has 184 valence electrons. The Labute approximate surface area is 217 Å². The number of hydrogen-bond acceptors (Lipinski definition) is 4. The number of sulfonamides is 1. The number of carbonyl (C=O) groups excluding carboxylic acids is 1. The highest BCUT2D eigenvalue weighted by Gasteiger charge is 2.28. The highest BCUT2D eigenvalue weighted by Crippen LogP contribution is 2.29. The van der Waals surface area contributed by atoms with Crippen molar-refractivity contribution in [2.45, 2.75) is 23.3 Å². The first-order valence-corrected chi connectivity index (χ1v) is 14.1. The van der Waals surface area contributed by atoms with Crippen LogP contribution in [0.1, 0.15) is 21.5 Å². The predicted molar refractivity (Wildman–Crippen MR) is 147 cm³/mol. The van der Waals surface area contributed by atoms with Gasteiger partial charge in [0.05, 0.1) is 22.7 Å². The summed E-state index contributed by atoms with van der Waals surface area (Å²) in [6.07, 6.45) is 0. The van der Waals surface area contributed by atoms with Gasteiger partial charge in [-0.05, 0) is 48.9 Å². The molecule has 0 saturated carbocycles. The van der Waals surface area contributed by atoms with E-state index < -0.39 is 10.0 Å². The van der Waals surface area contributed by atoms with Crippen LogP contribution in [0.5, 0.6) is 0 Å². The van der Waals surface area contributed by atoms with E-state index >= 15 is 0 Å². The third-order valence-electron chi connectivity index (χ3n) is 5.59. The van der Waals surface area contributed by atoms with Gasteiger partial charge in [-0.15, -0.1) is 11.8 Å². The summed E-state index contributed by atoms with van der Waals surface area (Å²) in [5.74, 6) is 0.393. The summed E-state index contributed by atoms with van der Waals surface area (Å²) in [5, 5.41) is 2.95. The smallest absolute Gasteiger partial charge is 0.264 e. The number of carbonyl (C=O) groups is 1. The molecule has 0 bridgehead atoms. The third-order valence-corrected chi connectivity index (χ3v) is 8.38. The van der Waals surface area contributed by atoms with Crippen LogP contribution in [0.25, 0.3) is 0 Å². The fourth-order valence-electron chi connectivity index (χ4n) is 3.71. The molecule has 0 radical (unpaired) electrons. The second-order valence-corrected chi connectivity index (χ2v) is 11.3. The van der Waals surface area contributed by atoms with E-state index in [1.807, 2.05) is 37.3 Å². The number of benzene rings is 4. The van der Waals surface area contributed by atoms with Crippen LogP contribution < -0.4 is 9.62 Å². The molecule has 4 aromatic carbocycles. The zero-order valence-corrected chi connectivity index (χ0v) is 21.6. The zero-order valence-electron chi connectivity index (χ0n) is 20.0. The summed E-state index contributed by atoms with van der Waals surface area (Å²) >= 11 is 1.66. The molecule has 7 heteroatoms. The van der Waals surface area contributed by atoms with Crippen molar-refractivity contribution in [1.29, 1.82) is 0 Å². The van der Waals surface area contributed by atoms with Crippen molar-refractivity contribution in [2.24, 2.45) is 0 Å². The molecular formula is C29H28N2O3S2. The third kappa shape index (κ3) is 6.36. The van der Waals surface area contributed by atoms with Crippen molar-refractivity contribution in [3.8, 4) is 0 Å². The van der Waals surface area contributed by atoms with E-state index in [0.29, 0.717) is 23.5 Å². The molecule has 0 aromatic heterocycles. The van der Waals surface area contributed by atoms with Gasteiger partial charge in [0.25, 0.3) is 15.9 Å². The van der Waals surface area contributed by atoms with Gasteiger partial charge in [0.1, 0.15) is 0 Å². The van der Waals surface area contributed by atoms with Gasteiger partial charge in [-0.25, -0.2) is 8.42 Å². The van der Waals surface area contributed by atoms with Gasteiger partial charge in [-0.3, -0.25) is 9.10 Å². The van der Waals surface area contributed by atoms with Crippen LogP contribution in [-0.4, -0.2) is 26.6 Å². The van der Waals surface area contributed by atoms with Crippen LogP contribution >= 0.6 is 11.8 Å². The van der Waals surface area contributed by atoms with E-state index in [2.05, 4.69) is 29.6 Å². The van der Waals surface area contributed by atoms with Crippen LogP contribution in [-0.2, 0) is 16.6 Å². The van der Waals surface area contributed by atoms with E-state index in [1.54, 1.807) is 66.4 Å². The summed E-state index contributed by atoms with van der Waals surface area (Å²) in [6.45, 7) is 2.60. The molecule has 0 heterocycles. The summed E-state index contributed by atoms with van der Waals surface area (Å²) in [7, 11) is -3.92. The lowest BCUT2D eigenvalue weighted by Crippen LogP contribution is -2.34. The van der Waals surface area contributed by atoms with Gasteiger partial charge in [-0.2, -0.15) is 0 Å². The first kappa shape index (κ1) is 25.5. The second-order valence-electron chi connectivity index (χ2n) is 8.24. The number of nitrogens with one attached hydrogen (secondary N) is 1. The fourth-order valence-corrected chi connectivity index (χ4v) is 5.98. The maximum absolute atomic E-state index is 13.7. The Morgan fingerprint density at radius 1 is 0.806 bits per heavy atom. The average Bonchev–Trinajstić information content (AvgIpc) is 2.91. The lowest BCUT2D eigenvalue weighted by atomic mass is 10.1. The first-order valence-electron chi connectivity index (χ1n) is 11.6. The van der Waals surface area contributed by atoms with Gasteiger partial charge in [0.2, 0.25) is 0 Å². The minimum absolute atomic E-state index is 0.103. The highest BCUT2D eigenvalue weighted by atomic mass is 32.2. The average molecular weight is 517 g/mol. The molecule has 0 aliphatic rings. The number of hydrogen-bond donors (Lipinski definition) is 1. The molecular weight excluding hydrogens is 488 g/mol. The number of para-hydroxylation sites is 1. The van der Waals surface area contributed by atoms with Crippen LogP contribution in [0.4, 0.5) is 5.69 Å². The van der Waals surface area contributed by atoms with Gasteiger partial charge < -0.3 is 5.32 Å². The Hall–Kier alpha value is -3.55. The molecule has 0 atom stereocenters. The maximum Gasteiger partial charge on any atom is 0.264 e. The molecule has 0 unspecified atom stereocenters. The molecule has 5 nitrogen and oxygen atoms in total. The minimum Gasteiger partial charge on any atom is -0.351 e. The molecule has 0 saturated heterocycles. The second kappa shape index (κ2) is 11.9. The molecule has 36 heavy (non-hydrogen) atoms. The van der Waals surface area contributed by atoms with Gasteiger partial charge >= 0.3 is 0 Å². The van der Waals surface area contributed by atoms with Gasteiger partial charge in [0.15, 0.2) is 0 Å². The normalized spacial score (nSPS) is 11.1. The van der Waals surface area contributed by atoms with Crippen molar-refractivity contribution in [3.05, 3.63) is 126 Å². The van der Waals surface area contributed by atoms with E-state index in [-0.39, 0.29) is 17.3 Å². The molecule has 0 fully saturated rings. The molecule has 4 rings (SSSR count). The van der Waals surface area contributed by atoms with Crippen molar-refractivity contribution >= 4 is 33.4 Å². The molecule has 1 N–H and O–H groups in total. The number of rotatable bonds is 10. The number of thioether (sulfide) groups is 1. The highest BCUT2D eigenvalue weighted by molar-refractivity contribution is 7.99. The number of anilines is 1. The molecule has 1 amide bonds. The number of aryl methyl sites for hydroxylation is 1. The molecule has 0 spiro atoms. The minimum atomic E-state index is -3.92.